The fraction of sp³-hybridized carbons (Fsp3) is 0.462. The summed E-state index contributed by atoms with van der Waals surface area (Å²) in [6, 6.07) is 8.29. The number of aliphatic hydroxyl groups excluding tert-OH is 1. The molecule has 0 fully saturated rings. The van der Waals surface area contributed by atoms with E-state index in [1.807, 2.05) is 0 Å². The van der Waals surface area contributed by atoms with Crippen LogP contribution < -0.4 is 5.32 Å². The minimum absolute atomic E-state index is 0.321. The van der Waals surface area contributed by atoms with E-state index in [0.717, 1.165) is 5.56 Å². The van der Waals surface area contributed by atoms with Gasteiger partial charge in [0.1, 0.15) is 0 Å². The van der Waals surface area contributed by atoms with Gasteiger partial charge in [0.05, 0.1) is 6.61 Å². The van der Waals surface area contributed by atoms with Crippen molar-refractivity contribution < 1.29 is 28.2 Å². The molecule has 2 unspecified atom stereocenters. The fourth-order valence-corrected chi connectivity index (χ4v) is 1.73. The summed E-state index contributed by atoms with van der Waals surface area (Å²) in [6.45, 7) is -1.14. The molecule has 0 aliphatic carbocycles. The third-order valence-electron chi connectivity index (χ3n) is 2.85. The lowest BCUT2D eigenvalue weighted by Gasteiger charge is -2.21. The van der Waals surface area contributed by atoms with Crippen molar-refractivity contribution >= 4 is 5.97 Å². The van der Waals surface area contributed by atoms with Crippen LogP contribution in [0.25, 0.3) is 0 Å². The lowest BCUT2D eigenvalue weighted by atomic mass is 10.0. The molecule has 3 N–H and O–H groups in total. The highest BCUT2D eigenvalue weighted by molar-refractivity contribution is 5.71. The average molecular weight is 291 g/mol. The molecule has 0 aliphatic heterocycles. The van der Waals surface area contributed by atoms with Gasteiger partial charge in [-0.3, -0.25) is 4.79 Å². The Balaban J connectivity index is 2.58. The van der Waals surface area contributed by atoms with Crippen LogP contribution in [0.5, 0.6) is 0 Å². The zero-order valence-electron chi connectivity index (χ0n) is 10.6. The van der Waals surface area contributed by atoms with Crippen LogP contribution in [0.4, 0.5) is 13.2 Å². The SMILES string of the molecule is O=C(O)C(CNC(CO)Cc1ccccc1)C(F)(F)F. The fourth-order valence-electron chi connectivity index (χ4n) is 1.73. The molecule has 112 valence electrons. The first-order chi connectivity index (χ1) is 9.34. The van der Waals surface area contributed by atoms with E-state index in [0.29, 0.717) is 6.42 Å². The number of benzene rings is 1. The number of alkyl halides is 3. The minimum Gasteiger partial charge on any atom is -0.481 e. The zero-order chi connectivity index (χ0) is 15.2. The molecule has 0 saturated carbocycles. The molecule has 0 aliphatic rings. The summed E-state index contributed by atoms with van der Waals surface area (Å²) in [5.74, 6) is -4.41. The average Bonchev–Trinajstić information content (AvgIpc) is 2.36. The van der Waals surface area contributed by atoms with Crippen LogP contribution in [0.3, 0.4) is 0 Å². The molecule has 20 heavy (non-hydrogen) atoms. The Morgan fingerprint density at radius 2 is 1.85 bits per heavy atom. The maximum Gasteiger partial charge on any atom is 0.403 e. The van der Waals surface area contributed by atoms with E-state index in [-0.39, 0.29) is 6.61 Å². The molecule has 0 aromatic heterocycles. The Labute approximate surface area is 114 Å². The molecule has 1 aromatic rings. The maximum atomic E-state index is 12.5. The molecule has 0 heterocycles. The molecule has 0 saturated heterocycles. The van der Waals surface area contributed by atoms with Crippen molar-refractivity contribution in [2.75, 3.05) is 13.2 Å². The Hall–Kier alpha value is -1.60. The van der Waals surface area contributed by atoms with Crippen molar-refractivity contribution in [2.45, 2.75) is 18.6 Å². The van der Waals surface area contributed by atoms with E-state index >= 15 is 0 Å². The second-order valence-corrected chi connectivity index (χ2v) is 4.41. The van der Waals surface area contributed by atoms with E-state index in [1.54, 1.807) is 30.3 Å². The maximum absolute atomic E-state index is 12.5. The molecule has 4 nitrogen and oxygen atoms in total. The molecule has 1 rings (SSSR count). The van der Waals surface area contributed by atoms with Gasteiger partial charge in [-0.2, -0.15) is 13.2 Å². The summed E-state index contributed by atoms with van der Waals surface area (Å²) in [5.41, 5.74) is 0.845. The number of carbonyl (C=O) groups is 1. The number of rotatable bonds is 7. The quantitative estimate of drug-likeness (QED) is 0.711. The molecule has 0 bridgehead atoms. The summed E-state index contributed by atoms with van der Waals surface area (Å²) in [6.07, 6.45) is -4.49. The smallest absolute Gasteiger partial charge is 0.403 e. The molecular formula is C13H16F3NO3. The van der Waals surface area contributed by atoms with E-state index < -0.39 is 30.7 Å². The molecule has 2 atom stereocenters. The van der Waals surface area contributed by atoms with Crippen LogP contribution in [0.1, 0.15) is 5.56 Å². The van der Waals surface area contributed by atoms with Gasteiger partial charge in [-0.1, -0.05) is 30.3 Å². The van der Waals surface area contributed by atoms with E-state index in [9.17, 15) is 18.0 Å². The number of carboxylic acid groups (broad SMARTS) is 1. The topological polar surface area (TPSA) is 69.6 Å². The van der Waals surface area contributed by atoms with Gasteiger partial charge in [0.25, 0.3) is 0 Å². The van der Waals surface area contributed by atoms with Gasteiger partial charge in [0, 0.05) is 12.6 Å². The van der Waals surface area contributed by atoms with Crippen LogP contribution in [0.15, 0.2) is 30.3 Å². The van der Waals surface area contributed by atoms with Gasteiger partial charge in [-0.05, 0) is 12.0 Å². The molecule has 0 amide bonds. The van der Waals surface area contributed by atoms with Crippen LogP contribution in [0.2, 0.25) is 0 Å². The monoisotopic (exact) mass is 291 g/mol. The van der Waals surface area contributed by atoms with E-state index in [4.69, 9.17) is 10.2 Å². The normalized spacial score (nSPS) is 14.8. The van der Waals surface area contributed by atoms with Crippen molar-refractivity contribution in [3.05, 3.63) is 35.9 Å². The minimum atomic E-state index is -4.81. The Morgan fingerprint density at radius 3 is 2.30 bits per heavy atom. The first-order valence-corrected chi connectivity index (χ1v) is 6.02. The Kier molecular flexibility index (Phi) is 5.97. The second kappa shape index (κ2) is 7.25. The van der Waals surface area contributed by atoms with Crippen molar-refractivity contribution in [3.63, 3.8) is 0 Å². The standard InChI is InChI=1S/C13H16F3NO3/c14-13(15,16)11(12(19)20)7-17-10(8-18)6-9-4-2-1-3-5-9/h1-5,10-11,17-18H,6-8H2,(H,19,20). The summed E-state index contributed by atoms with van der Waals surface area (Å²) in [4.78, 5) is 10.6. The highest BCUT2D eigenvalue weighted by Gasteiger charge is 2.44. The predicted octanol–water partition coefficient (Wildman–Crippen LogP) is 1.44. The van der Waals surface area contributed by atoms with Crippen LogP contribution in [-0.2, 0) is 11.2 Å². The van der Waals surface area contributed by atoms with Gasteiger partial charge in [-0.25, -0.2) is 0 Å². The van der Waals surface area contributed by atoms with Gasteiger partial charge >= 0.3 is 12.1 Å². The van der Waals surface area contributed by atoms with E-state index in [2.05, 4.69) is 5.32 Å². The third-order valence-corrected chi connectivity index (χ3v) is 2.85. The first-order valence-electron chi connectivity index (χ1n) is 6.02. The molecule has 7 heteroatoms. The number of aliphatic carboxylic acids is 1. The summed E-state index contributed by atoms with van der Waals surface area (Å²) < 4.78 is 37.4. The van der Waals surface area contributed by atoms with Crippen LogP contribution in [0, 0.1) is 5.92 Å². The van der Waals surface area contributed by atoms with Crippen LogP contribution in [-0.4, -0.2) is 41.6 Å². The van der Waals surface area contributed by atoms with Gasteiger partial charge < -0.3 is 15.5 Å². The molecular weight excluding hydrogens is 275 g/mol. The number of aliphatic hydroxyl groups is 1. The number of carboxylic acids is 1. The second-order valence-electron chi connectivity index (χ2n) is 4.41. The lowest BCUT2D eigenvalue weighted by Crippen LogP contribution is -2.44. The molecule has 0 spiro atoms. The first kappa shape index (κ1) is 16.5. The summed E-state index contributed by atoms with van der Waals surface area (Å²) >= 11 is 0. The van der Waals surface area contributed by atoms with Crippen LogP contribution >= 0.6 is 0 Å². The molecule has 0 radical (unpaired) electrons. The van der Waals surface area contributed by atoms with Crippen molar-refractivity contribution in [3.8, 4) is 0 Å². The number of hydrogen-bond donors (Lipinski definition) is 3. The largest absolute Gasteiger partial charge is 0.481 e. The molecule has 1 aromatic carbocycles. The van der Waals surface area contributed by atoms with Gasteiger partial charge in [0.2, 0.25) is 0 Å². The van der Waals surface area contributed by atoms with Gasteiger partial charge in [-0.15, -0.1) is 0 Å². The number of nitrogens with one attached hydrogen (secondary N) is 1. The summed E-state index contributed by atoms with van der Waals surface area (Å²) in [7, 11) is 0. The van der Waals surface area contributed by atoms with E-state index in [1.165, 1.54) is 0 Å². The highest BCUT2D eigenvalue weighted by atomic mass is 19.4. The highest BCUT2D eigenvalue weighted by Crippen LogP contribution is 2.26. The number of halogens is 3. The Morgan fingerprint density at radius 1 is 1.25 bits per heavy atom. The zero-order valence-corrected chi connectivity index (χ0v) is 10.6. The predicted molar refractivity (Wildman–Crippen MR) is 66.2 cm³/mol. The lowest BCUT2D eigenvalue weighted by molar-refractivity contribution is -0.192. The number of hydrogen-bond acceptors (Lipinski definition) is 3. The third kappa shape index (κ3) is 5.18. The van der Waals surface area contributed by atoms with Gasteiger partial charge in [0.15, 0.2) is 5.92 Å². The summed E-state index contributed by atoms with van der Waals surface area (Å²) in [5, 5.41) is 20.2. The van der Waals surface area contributed by atoms with Crippen molar-refractivity contribution in [1.29, 1.82) is 0 Å². The Bertz CT molecular complexity index is 423. The van der Waals surface area contributed by atoms with Crippen molar-refractivity contribution in [1.82, 2.24) is 5.32 Å². The van der Waals surface area contributed by atoms with Crippen molar-refractivity contribution in [2.24, 2.45) is 5.92 Å².